The van der Waals surface area contributed by atoms with Crippen LogP contribution in [0.2, 0.25) is 0 Å². The van der Waals surface area contributed by atoms with E-state index in [1.807, 2.05) is 12.1 Å². The molecule has 0 amide bonds. The molecule has 0 aliphatic rings. The third kappa shape index (κ3) is 4.10. The smallest absolute Gasteiger partial charge is 0.0400 e. The summed E-state index contributed by atoms with van der Waals surface area (Å²) in [5, 5.41) is 3.43. The molecule has 0 bridgehead atoms. The predicted molar refractivity (Wildman–Crippen MR) is 86.6 cm³/mol. The largest absolute Gasteiger partial charge is 0.381 e. The molecule has 0 fully saturated rings. The molecule has 1 nitrogen and oxygen atoms in total. The Kier molecular flexibility index (Phi) is 4.31. The van der Waals surface area contributed by atoms with Crippen LogP contribution in [0.4, 0.5) is 5.69 Å². The first kappa shape index (κ1) is 14.1. The Bertz CT molecular complexity index is 538. The molecular weight excluding hydrogens is 298 g/mol. The van der Waals surface area contributed by atoms with E-state index in [9.17, 15) is 0 Å². The molecule has 0 spiro atoms. The number of hydrogen-bond donors (Lipinski definition) is 1. The van der Waals surface area contributed by atoms with Crippen LogP contribution in [0.25, 0.3) is 0 Å². The molecule has 2 rings (SSSR count). The number of rotatable bonds is 3. The van der Waals surface area contributed by atoms with Crippen LogP contribution in [0.1, 0.15) is 31.9 Å². The summed E-state index contributed by atoms with van der Waals surface area (Å²) in [5.74, 6) is 0. The lowest BCUT2D eigenvalue weighted by molar-refractivity contribution is 0.590. The Hall–Kier alpha value is -1.28. The molecule has 19 heavy (non-hydrogen) atoms. The average Bonchev–Trinajstić information content (AvgIpc) is 2.36. The maximum Gasteiger partial charge on any atom is 0.0400 e. The fourth-order valence-electron chi connectivity index (χ4n) is 1.93. The molecule has 0 aliphatic carbocycles. The molecule has 2 aromatic rings. The van der Waals surface area contributed by atoms with Gasteiger partial charge in [-0.2, -0.15) is 0 Å². The highest BCUT2D eigenvalue weighted by molar-refractivity contribution is 9.10. The van der Waals surface area contributed by atoms with Crippen LogP contribution in [0.15, 0.2) is 53.0 Å². The van der Waals surface area contributed by atoms with Gasteiger partial charge in [0.1, 0.15) is 0 Å². The second-order valence-electron chi connectivity index (χ2n) is 5.81. The quantitative estimate of drug-likeness (QED) is 0.803. The zero-order valence-corrected chi connectivity index (χ0v) is 13.3. The van der Waals surface area contributed by atoms with Crippen molar-refractivity contribution < 1.29 is 0 Å². The number of anilines is 1. The molecule has 0 saturated heterocycles. The topological polar surface area (TPSA) is 12.0 Å². The summed E-state index contributed by atoms with van der Waals surface area (Å²) in [6, 6.07) is 17.1. The SMILES string of the molecule is CC(C)(C)c1ccc(CNc2cccc(Br)c2)cc1. The summed E-state index contributed by atoms with van der Waals surface area (Å²) < 4.78 is 1.10. The fraction of sp³-hybridized carbons (Fsp3) is 0.294. The molecule has 2 heteroatoms. The van der Waals surface area contributed by atoms with Crippen molar-refractivity contribution in [1.82, 2.24) is 0 Å². The first-order valence-electron chi connectivity index (χ1n) is 6.54. The molecule has 1 N–H and O–H groups in total. The predicted octanol–water partition coefficient (Wildman–Crippen LogP) is 5.36. The zero-order valence-electron chi connectivity index (χ0n) is 11.7. The van der Waals surface area contributed by atoms with Gasteiger partial charge in [-0.1, -0.05) is 67.0 Å². The van der Waals surface area contributed by atoms with Gasteiger partial charge >= 0.3 is 0 Å². The van der Waals surface area contributed by atoms with E-state index in [0.717, 1.165) is 16.7 Å². The van der Waals surface area contributed by atoms with Crippen molar-refractivity contribution in [3.05, 3.63) is 64.1 Å². The van der Waals surface area contributed by atoms with Crippen molar-refractivity contribution in [2.24, 2.45) is 0 Å². The number of halogens is 1. The van der Waals surface area contributed by atoms with Crippen molar-refractivity contribution >= 4 is 21.6 Å². The molecule has 100 valence electrons. The minimum absolute atomic E-state index is 0.219. The van der Waals surface area contributed by atoms with Gasteiger partial charge in [0.2, 0.25) is 0 Å². The maximum atomic E-state index is 3.48. The standard InChI is InChI=1S/C17H20BrN/c1-17(2,3)14-9-7-13(8-10-14)12-19-16-6-4-5-15(18)11-16/h4-11,19H,12H2,1-3H3. The third-order valence-electron chi connectivity index (χ3n) is 3.14. The van der Waals surface area contributed by atoms with Gasteiger partial charge < -0.3 is 5.32 Å². The van der Waals surface area contributed by atoms with E-state index in [0.29, 0.717) is 0 Å². The van der Waals surface area contributed by atoms with Gasteiger partial charge in [0, 0.05) is 16.7 Å². The highest BCUT2D eigenvalue weighted by Crippen LogP contribution is 2.22. The van der Waals surface area contributed by atoms with Crippen LogP contribution in [0.5, 0.6) is 0 Å². The van der Waals surface area contributed by atoms with Gasteiger partial charge in [-0.3, -0.25) is 0 Å². The van der Waals surface area contributed by atoms with Crippen molar-refractivity contribution in [2.45, 2.75) is 32.7 Å². The normalized spacial score (nSPS) is 11.4. The summed E-state index contributed by atoms with van der Waals surface area (Å²) in [6.45, 7) is 7.56. The van der Waals surface area contributed by atoms with Crippen molar-refractivity contribution in [3.8, 4) is 0 Å². The van der Waals surface area contributed by atoms with E-state index in [1.165, 1.54) is 11.1 Å². The Morgan fingerprint density at radius 2 is 1.68 bits per heavy atom. The molecule has 0 aliphatic heterocycles. The van der Waals surface area contributed by atoms with Crippen LogP contribution in [-0.2, 0) is 12.0 Å². The summed E-state index contributed by atoms with van der Waals surface area (Å²) in [7, 11) is 0. The van der Waals surface area contributed by atoms with Gasteiger partial charge in [0.15, 0.2) is 0 Å². The monoisotopic (exact) mass is 317 g/mol. The third-order valence-corrected chi connectivity index (χ3v) is 3.63. The first-order valence-corrected chi connectivity index (χ1v) is 7.33. The van der Waals surface area contributed by atoms with E-state index < -0.39 is 0 Å². The van der Waals surface area contributed by atoms with E-state index in [4.69, 9.17) is 0 Å². The first-order chi connectivity index (χ1) is 8.95. The number of nitrogens with one attached hydrogen (secondary N) is 1. The lowest BCUT2D eigenvalue weighted by Crippen LogP contribution is -2.11. The van der Waals surface area contributed by atoms with Crippen molar-refractivity contribution in [3.63, 3.8) is 0 Å². The molecule has 0 saturated carbocycles. The molecular formula is C17H20BrN. The highest BCUT2D eigenvalue weighted by atomic mass is 79.9. The Morgan fingerprint density at radius 1 is 1.00 bits per heavy atom. The van der Waals surface area contributed by atoms with Crippen LogP contribution < -0.4 is 5.32 Å². The van der Waals surface area contributed by atoms with E-state index >= 15 is 0 Å². The van der Waals surface area contributed by atoms with E-state index in [2.05, 4.69) is 78.4 Å². The van der Waals surface area contributed by atoms with E-state index in [1.54, 1.807) is 0 Å². The van der Waals surface area contributed by atoms with Crippen LogP contribution in [0.3, 0.4) is 0 Å². The van der Waals surface area contributed by atoms with Gasteiger partial charge in [-0.25, -0.2) is 0 Å². The summed E-state index contributed by atoms with van der Waals surface area (Å²) in [4.78, 5) is 0. The Labute approximate surface area is 124 Å². The molecule has 0 aromatic heterocycles. The second-order valence-corrected chi connectivity index (χ2v) is 6.73. The number of benzene rings is 2. The van der Waals surface area contributed by atoms with E-state index in [-0.39, 0.29) is 5.41 Å². The molecule has 0 heterocycles. The molecule has 0 radical (unpaired) electrons. The maximum absolute atomic E-state index is 3.48. The van der Waals surface area contributed by atoms with Gasteiger partial charge in [0.25, 0.3) is 0 Å². The van der Waals surface area contributed by atoms with Crippen LogP contribution in [0, 0.1) is 0 Å². The Morgan fingerprint density at radius 3 is 2.26 bits per heavy atom. The van der Waals surface area contributed by atoms with Gasteiger partial charge in [0.05, 0.1) is 0 Å². The second kappa shape index (κ2) is 5.79. The van der Waals surface area contributed by atoms with Crippen LogP contribution in [-0.4, -0.2) is 0 Å². The zero-order chi connectivity index (χ0) is 13.9. The lowest BCUT2D eigenvalue weighted by Gasteiger charge is -2.19. The van der Waals surface area contributed by atoms with Crippen molar-refractivity contribution in [1.29, 1.82) is 0 Å². The van der Waals surface area contributed by atoms with Crippen molar-refractivity contribution in [2.75, 3.05) is 5.32 Å². The summed E-state index contributed by atoms with van der Waals surface area (Å²) >= 11 is 3.48. The average molecular weight is 318 g/mol. The molecule has 0 unspecified atom stereocenters. The highest BCUT2D eigenvalue weighted by Gasteiger charge is 2.12. The van der Waals surface area contributed by atoms with Gasteiger partial charge in [-0.15, -0.1) is 0 Å². The van der Waals surface area contributed by atoms with Gasteiger partial charge in [-0.05, 0) is 34.7 Å². The van der Waals surface area contributed by atoms with Crippen LogP contribution >= 0.6 is 15.9 Å². The minimum atomic E-state index is 0.219. The Balaban J connectivity index is 2.01. The summed E-state index contributed by atoms with van der Waals surface area (Å²) in [5.41, 5.74) is 4.02. The summed E-state index contributed by atoms with van der Waals surface area (Å²) in [6.07, 6.45) is 0. The number of hydrogen-bond acceptors (Lipinski definition) is 1. The minimum Gasteiger partial charge on any atom is -0.381 e. The molecule has 2 aromatic carbocycles. The fourth-order valence-corrected chi connectivity index (χ4v) is 2.32. The lowest BCUT2D eigenvalue weighted by atomic mass is 9.87. The molecule has 0 atom stereocenters.